The van der Waals surface area contributed by atoms with Crippen molar-refractivity contribution in [2.75, 3.05) is 0 Å². The van der Waals surface area contributed by atoms with Gasteiger partial charge in [0.05, 0.1) is 0 Å². The maximum absolute atomic E-state index is 11.6. The first-order valence-electron chi connectivity index (χ1n) is 6.80. The van der Waals surface area contributed by atoms with Gasteiger partial charge in [-0.1, -0.05) is 0 Å². The number of aryl methyl sites for hydroxylation is 1. The Kier molecular flexibility index (Phi) is 3.70. The standard InChI is InChI=1S/C17H14N2O3/c1-19-9-13-4-5-14(21)8-16(13)17(18-19)11-22-15-6-2-12(10-20)3-7-15/h2-10H,11H2,1H3. The molecular weight excluding hydrogens is 280 g/mol. The Balaban J connectivity index is 1.88. The molecule has 1 heterocycles. The van der Waals surface area contributed by atoms with Crippen LogP contribution in [-0.2, 0) is 13.7 Å². The van der Waals surface area contributed by atoms with Crippen LogP contribution in [0.1, 0.15) is 16.1 Å². The van der Waals surface area contributed by atoms with Crippen molar-refractivity contribution in [1.82, 2.24) is 9.78 Å². The van der Waals surface area contributed by atoms with E-state index in [1.54, 1.807) is 41.1 Å². The second-order valence-corrected chi connectivity index (χ2v) is 4.97. The molecule has 0 N–H and O–H groups in total. The van der Waals surface area contributed by atoms with Gasteiger partial charge in [0.15, 0.2) is 5.43 Å². The summed E-state index contributed by atoms with van der Waals surface area (Å²) in [4.78, 5) is 22.2. The first-order valence-corrected chi connectivity index (χ1v) is 6.80. The summed E-state index contributed by atoms with van der Waals surface area (Å²) < 4.78 is 7.40. The Morgan fingerprint density at radius 2 is 1.95 bits per heavy atom. The summed E-state index contributed by atoms with van der Waals surface area (Å²) in [6, 6.07) is 11.7. The van der Waals surface area contributed by atoms with Gasteiger partial charge in [0.1, 0.15) is 24.3 Å². The molecule has 5 heteroatoms. The van der Waals surface area contributed by atoms with Crippen molar-refractivity contribution in [1.29, 1.82) is 0 Å². The third-order valence-electron chi connectivity index (χ3n) is 3.33. The molecule has 0 radical (unpaired) electrons. The number of benzene rings is 2. The number of aromatic nitrogens is 2. The topological polar surface area (TPSA) is 61.2 Å². The molecule has 0 unspecified atom stereocenters. The van der Waals surface area contributed by atoms with E-state index in [4.69, 9.17) is 4.74 Å². The number of nitrogens with zero attached hydrogens (tertiary/aromatic N) is 2. The second kappa shape index (κ2) is 5.81. The average Bonchev–Trinajstić information content (AvgIpc) is 2.53. The van der Waals surface area contributed by atoms with Gasteiger partial charge in [-0.3, -0.25) is 14.3 Å². The average molecular weight is 294 g/mol. The first-order chi connectivity index (χ1) is 10.7. The van der Waals surface area contributed by atoms with Gasteiger partial charge < -0.3 is 4.74 Å². The van der Waals surface area contributed by atoms with Gasteiger partial charge >= 0.3 is 0 Å². The molecule has 0 aromatic heterocycles. The molecule has 0 amide bonds. The summed E-state index contributed by atoms with van der Waals surface area (Å²) in [5.41, 5.74) is 2.96. The zero-order valence-electron chi connectivity index (χ0n) is 12.0. The van der Waals surface area contributed by atoms with Crippen molar-refractivity contribution in [2.45, 2.75) is 6.61 Å². The number of carbonyl (C=O) groups excluding carboxylic acids is 1. The lowest BCUT2D eigenvalue weighted by Gasteiger charge is -2.13. The third-order valence-corrected chi connectivity index (χ3v) is 3.33. The molecule has 1 aliphatic heterocycles. The highest BCUT2D eigenvalue weighted by Gasteiger charge is 2.11. The number of rotatable bonds is 4. The molecule has 1 aliphatic carbocycles. The van der Waals surface area contributed by atoms with Crippen molar-refractivity contribution in [2.24, 2.45) is 7.05 Å². The summed E-state index contributed by atoms with van der Waals surface area (Å²) in [6.45, 7) is 0.245. The van der Waals surface area contributed by atoms with Gasteiger partial charge in [0.25, 0.3) is 0 Å². The van der Waals surface area contributed by atoms with E-state index in [1.165, 1.54) is 6.07 Å². The Morgan fingerprint density at radius 1 is 1.18 bits per heavy atom. The molecule has 1 aromatic rings. The van der Waals surface area contributed by atoms with Crippen LogP contribution in [0.5, 0.6) is 5.75 Å². The maximum Gasteiger partial charge on any atom is 0.179 e. The van der Waals surface area contributed by atoms with Crippen LogP contribution in [0.25, 0.3) is 11.1 Å². The summed E-state index contributed by atoms with van der Waals surface area (Å²) in [5.74, 6) is 0.644. The van der Waals surface area contributed by atoms with E-state index >= 15 is 0 Å². The van der Waals surface area contributed by atoms with Crippen LogP contribution in [0.15, 0.2) is 53.5 Å². The smallest absolute Gasteiger partial charge is 0.179 e. The van der Waals surface area contributed by atoms with E-state index in [1.807, 2.05) is 13.2 Å². The van der Waals surface area contributed by atoms with Gasteiger partial charge in [0.2, 0.25) is 0 Å². The predicted octanol–water partition coefficient (Wildman–Crippen LogP) is 2.28. The van der Waals surface area contributed by atoms with Crippen LogP contribution < -0.4 is 10.2 Å². The largest absolute Gasteiger partial charge is 0.487 e. The Morgan fingerprint density at radius 3 is 2.68 bits per heavy atom. The predicted molar refractivity (Wildman–Crippen MR) is 82.3 cm³/mol. The SMILES string of the molecule is Cn1cc2ccc(=O)cc-2c(COc2ccc(C=O)cc2)n1. The lowest BCUT2D eigenvalue weighted by atomic mass is 10.0. The number of aldehydes is 1. The monoisotopic (exact) mass is 294 g/mol. The lowest BCUT2D eigenvalue weighted by Crippen LogP contribution is -2.11. The van der Waals surface area contributed by atoms with Crippen LogP contribution in [0.3, 0.4) is 0 Å². The fourth-order valence-corrected chi connectivity index (χ4v) is 2.27. The highest BCUT2D eigenvalue weighted by atomic mass is 16.5. The molecular formula is C17H14N2O3. The summed E-state index contributed by atoms with van der Waals surface area (Å²) >= 11 is 0. The fourth-order valence-electron chi connectivity index (χ4n) is 2.27. The van der Waals surface area contributed by atoms with Crippen LogP contribution in [0.2, 0.25) is 0 Å². The molecule has 0 bridgehead atoms. The Hall–Kier alpha value is -2.95. The van der Waals surface area contributed by atoms with Crippen LogP contribution in [0.4, 0.5) is 0 Å². The Bertz CT molecular complexity index is 837. The molecule has 0 saturated heterocycles. The fraction of sp³-hybridized carbons (Fsp3) is 0.118. The molecule has 0 saturated carbocycles. The summed E-state index contributed by atoms with van der Waals surface area (Å²) in [7, 11) is 1.83. The van der Waals surface area contributed by atoms with Crippen molar-refractivity contribution in [3.05, 3.63) is 70.1 Å². The number of carbonyl (C=O) groups is 1. The molecule has 5 nitrogen and oxygen atoms in total. The summed E-state index contributed by atoms with van der Waals surface area (Å²) in [5, 5.41) is 4.39. The zero-order chi connectivity index (χ0) is 15.5. The quantitative estimate of drug-likeness (QED) is 0.693. The van der Waals surface area contributed by atoms with E-state index in [0.717, 1.165) is 17.4 Å². The summed E-state index contributed by atoms with van der Waals surface area (Å²) in [6.07, 6.45) is 2.64. The normalized spacial score (nSPS) is 10.6. The number of hydrogen-bond acceptors (Lipinski definition) is 4. The van der Waals surface area contributed by atoms with Gasteiger partial charge in [-0.25, -0.2) is 0 Å². The van der Waals surface area contributed by atoms with Crippen molar-refractivity contribution >= 4 is 6.29 Å². The van der Waals surface area contributed by atoms with Crippen LogP contribution in [-0.4, -0.2) is 16.1 Å². The van der Waals surface area contributed by atoms with Gasteiger partial charge in [-0.15, -0.1) is 0 Å². The minimum absolute atomic E-state index is 0.0558. The molecule has 0 fully saturated rings. The minimum Gasteiger partial charge on any atom is -0.487 e. The second-order valence-electron chi connectivity index (χ2n) is 4.97. The molecule has 2 aliphatic rings. The van der Waals surface area contributed by atoms with Gasteiger partial charge in [0, 0.05) is 29.9 Å². The van der Waals surface area contributed by atoms with E-state index in [-0.39, 0.29) is 12.0 Å². The van der Waals surface area contributed by atoms with Gasteiger partial charge in [-0.05, 0) is 42.5 Å². The zero-order valence-corrected chi connectivity index (χ0v) is 12.0. The van der Waals surface area contributed by atoms with E-state index < -0.39 is 0 Å². The highest BCUT2D eigenvalue weighted by Crippen LogP contribution is 2.23. The van der Waals surface area contributed by atoms with Crippen molar-refractivity contribution < 1.29 is 9.53 Å². The lowest BCUT2D eigenvalue weighted by molar-refractivity contribution is 0.112. The Labute approximate surface area is 127 Å². The molecule has 0 spiro atoms. The minimum atomic E-state index is -0.0558. The molecule has 0 atom stereocenters. The van der Waals surface area contributed by atoms with Crippen LogP contribution in [0, 0.1) is 0 Å². The molecule has 1 aromatic carbocycles. The number of ether oxygens (including phenoxy) is 1. The molecule has 22 heavy (non-hydrogen) atoms. The van der Waals surface area contributed by atoms with Crippen LogP contribution >= 0.6 is 0 Å². The number of fused-ring (bicyclic) bond motifs is 1. The van der Waals surface area contributed by atoms with E-state index in [0.29, 0.717) is 17.0 Å². The molecule has 110 valence electrons. The third kappa shape index (κ3) is 2.88. The van der Waals surface area contributed by atoms with E-state index in [9.17, 15) is 9.59 Å². The first kappa shape index (κ1) is 14.0. The number of hydrogen-bond donors (Lipinski definition) is 0. The highest BCUT2D eigenvalue weighted by molar-refractivity contribution is 5.74. The molecule has 3 rings (SSSR count). The van der Waals surface area contributed by atoms with Gasteiger partial charge in [-0.2, -0.15) is 5.10 Å². The van der Waals surface area contributed by atoms with Crippen molar-refractivity contribution in [3.63, 3.8) is 0 Å². The van der Waals surface area contributed by atoms with E-state index in [2.05, 4.69) is 5.10 Å². The van der Waals surface area contributed by atoms with Crippen molar-refractivity contribution in [3.8, 4) is 16.9 Å². The maximum atomic E-state index is 11.6.